The number of amides is 1. The largest absolute Gasteiger partial charge is 0.325 e. The zero-order valence-corrected chi connectivity index (χ0v) is 12.0. The molecule has 0 saturated carbocycles. The van der Waals surface area contributed by atoms with Crippen molar-refractivity contribution in [2.45, 2.75) is 13.5 Å². The molecule has 0 radical (unpaired) electrons. The van der Waals surface area contributed by atoms with Gasteiger partial charge in [0.1, 0.15) is 6.54 Å². The highest BCUT2D eigenvalue weighted by Crippen LogP contribution is 2.09. The van der Waals surface area contributed by atoms with Gasteiger partial charge >= 0.3 is 0 Å². The van der Waals surface area contributed by atoms with E-state index in [-0.39, 0.29) is 18.0 Å². The zero-order chi connectivity index (χ0) is 13.8. The standard InChI is InChI=1S/C14H13BrN2O2/c1-10-7-11(15)8-17(14(10)19)9-13(18)16-12-5-3-2-4-6-12/h2-8H,9H2,1H3,(H,16,18). The van der Waals surface area contributed by atoms with Gasteiger partial charge < -0.3 is 9.88 Å². The number of halogens is 1. The Balaban J connectivity index is 2.14. The van der Waals surface area contributed by atoms with Crippen molar-refractivity contribution in [3.63, 3.8) is 0 Å². The van der Waals surface area contributed by atoms with Crippen LogP contribution in [0, 0.1) is 6.92 Å². The van der Waals surface area contributed by atoms with Crippen LogP contribution in [0.5, 0.6) is 0 Å². The second kappa shape index (κ2) is 5.84. The van der Waals surface area contributed by atoms with E-state index in [0.717, 1.165) is 4.47 Å². The highest BCUT2D eigenvalue weighted by molar-refractivity contribution is 9.10. The van der Waals surface area contributed by atoms with Crippen molar-refractivity contribution in [3.8, 4) is 0 Å². The smallest absolute Gasteiger partial charge is 0.253 e. The number of benzene rings is 1. The predicted octanol–water partition coefficient (Wildman–Crippen LogP) is 2.56. The van der Waals surface area contributed by atoms with Crippen LogP contribution in [0.1, 0.15) is 5.56 Å². The Morgan fingerprint density at radius 3 is 2.68 bits per heavy atom. The third-order valence-electron chi connectivity index (χ3n) is 2.60. The first-order chi connectivity index (χ1) is 9.06. The average Bonchev–Trinajstić information content (AvgIpc) is 2.36. The van der Waals surface area contributed by atoms with Gasteiger partial charge in [0, 0.05) is 21.9 Å². The van der Waals surface area contributed by atoms with Crippen molar-refractivity contribution in [1.29, 1.82) is 0 Å². The Kier molecular flexibility index (Phi) is 4.16. The number of carbonyl (C=O) groups is 1. The van der Waals surface area contributed by atoms with Crippen LogP contribution in [-0.4, -0.2) is 10.5 Å². The SMILES string of the molecule is Cc1cc(Br)cn(CC(=O)Nc2ccccc2)c1=O. The van der Waals surface area contributed by atoms with Crippen molar-refractivity contribution in [2.24, 2.45) is 0 Å². The molecule has 0 unspecified atom stereocenters. The van der Waals surface area contributed by atoms with Crippen LogP contribution in [0.25, 0.3) is 0 Å². The van der Waals surface area contributed by atoms with E-state index in [4.69, 9.17) is 0 Å². The normalized spacial score (nSPS) is 10.2. The van der Waals surface area contributed by atoms with Crippen molar-refractivity contribution >= 4 is 27.5 Å². The molecule has 0 bridgehead atoms. The number of nitrogens with one attached hydrogen (secondary N) is 1. The number of hydrogen-bond donors (Lipinski definition) is 1. The van der Waals surface area contributed by atoms with Crippen molar-refractivity contribution in [2.75, 3.05) is 5.32 Å². The molecule has 1 aromatic carbocycles. The zero-order valence-electron chi connectivity index (χ0n) is 10.4. The summed E-state index contributed by atoms with van der Waals surface area (Å²) in [5, 5.41) is 2.74. The lowest BCUT2D eigenvalue weighted by Gasteiger charge is -2.08. The predicted molar refractivity (Wildman–Crippen MR) is 78.2 cm³/mol. The number of anilines is 1. The molecule has 0 saturated heterocycles. The van der Waals surface area contributed by atoms with Gasteiger partial charge in [-0.3, -0.25) is 9.59 Å². The highest BCUT2D eigenvalue weighted by atomic mass is 79.9. The Morgan fingerprint density at radius 1 is 1.32 bits per heavy atom. The Labute approximate surface area is 119 Å². The molecule has 0 aliphatic carbocycles. The number of carbonyl (C=O) groups excluding carboxylic acids is 1. The molecule has 98 valence electrons. The second-order valence-electron chi connectivity index (χ2n) is 4.19. The molecule has 0 spiro atoms. The van der Waals surface area contributed by atoms with Gasteiger partial charge in [-0.2, -0.15) is 0 Å². The quantitative estimate of drug-likeness (QED) is 0.944. The van der Waals surface area contributed by atoms with Gasteiger partial charge in [0.05, 0.1) is 0 Å². The fourth-order valence-electron chi connectivity index (χ4n) is 1.73. The number of para-hydroxylation sites is 1. The Hall–Kier alpha value is -1.88. The summed E-state index contributed by atoms with van der Waals surface area (Å²) in [6.07, 6.45) is 1.61. The summed E-state index contributed by atoms with van der Waals surface area (Å²) in [4.78, 5) is 23.7. The van der Waals surface area contributed by atoms with E-state index < -0.39 is 0 Å². The molecule has 2 rings (SSSR count). The number of aryl methyl sites for hydroxylation is 1. The molecule has 0 aliphatic heterocycles. The Morgan fingerprint density at radius 2 is 2.00 bits per heavy atom. The molecule has 1 amide bonds. The number of pyridine rings is 1. The molecule has 1 heterocycles. The summed E-state index contributed by atoms with van der Waals surface area (Å²) < 4.78 is 2.16. The molecule has 19 heavy (non-hydrogen) atoms. The highest BCUT2D eigenvalue weighted by Gasteiger charge is 2.07. The molecular formula is C14H13BrN2O2. The molecular weight excluding hydrogens is 308 g/mol. The molecule has 2 aromatic rings. The van der Waals surface area contributed by atoms with Gasteiger partial charge in [-0.05, 0) is 41.1 Å². The number of nitrogens with zero attached hydrogens (tertiary/aromatic N) is 1. The first kappa shape index (κ1) is 13.5. The third kappa shape index (κ3) is 3.54. The maximum Gasteiger partial charge on any atom is 0.253 e. The molecule has 5 heteroatoms. The second-order valence-corrected chi connectivity index (χ2v) is 5.10. The summed E-state index contributed by atoms with van der Waals surface area (Å²) in [5.41, 5.74) is 1.15. The average molecular weight is 321 g/mol. The van der Waals surface area contributed by atoms with Gasteiger partial charge in [0.2, 0.25) is 5.91 Å². The lowest BCUT2D eigenvalue weighted by molar-refractivity contribution is -0.116. The van der Waals surface area contributed by atoms with Crippen molar-refractivity contribution < 1.29 is 4.79 Å². The van der Waals surface area contributed by atoms with Crippen LogP contribution in [0.4, 0.5) is 5.69 Å². The van der Waals surface area contributed by atoms with Gasteiger partial charge in [-0.1, -0.05) is 18.2 Å². The van der Waals surface area contributed by atoms with Crippen LogP contribution < -0.4 is 10.9 Å². The molecule has 0 fully saturated rings. The van der Waals surface area contributed by atoms with E-state index in [1.807, 2.05) is 18.2 Å². The minimum Gasteiger partial charge on any atom is -0.325 e. The lowest BCUT2D eigenvalue weighted by Crippen LogP contribution is -2.28. The molecule has 1 N–H and O–H groups in total. The van der Waals surface area contributed by atoms with E-state index in [1.165, 1.54) is 4.57 Å². The maximum absolute atomic E-state index is 11.9. The van der Waals surface area contributed by atoms with Crippen LogP contribution in [-0.2, 0) is 11.3 Å². The van der Waals surface area contributed by atoms with Crippen LogP contribution in [0.3, 0.4) is 0 Å². The fourth-order valence-corrected chi connectivity index (χ4v) is 2.32. The van der Waals surface area contributed by atoms with Gasteiger partial charge in [-0.25, -0.2) is 0 Å². The summed E-state index contributed by atoms with van der Waals surface area (Å²) >= 11 is 3.31. The molecule has 4 nitrogen and oxygen atoms in total. The van der Waals surface area contributed by atoms with Gasteiger partial charge in [0.25, 0.3) is 5.56 Å². The Bertz CT molecular complexity index is 650. The first-order valence-corrected chi connectivity index (χ1v) is 6.57. The summed E-state index contributed by atoms with van der Waals surface area (Å²) in [7, 11) is 0. The number of hydrogen-bond acceptors (Lipinski definition) is 2. The van der Waals surface area contributed by atoms with E-state index in [0.29, 0.717) is 11.3 Å². The summed E-state index contributed by atoms with van der Waals surface area (Å²) in [6.45, 7) is 1.71. The number of rotatable bonds is 3. The topological polar surface area (TPSA) is 51.1 Å². The van der Waals surface area contributed by atoms with Crippen LogP contribution >= 0.6 is 15.9 Å². The van der Waals surface area contributed by atoms with Gasteiger partial charge in [-0.15, -0.1) is 0 Å². The lowest BCUT2D eigenvalue weighted by atomic mass is 10.3. The van der Waals surface area contributed by atoms with Crippen molar-refractivity contribution in [1.82, 2.24) is 4.57 Å². The van der Waals surface area contributed by atoms with Gasteiger partial charge in [0.15, 0.2) is 0 Å². The van der Waals surface area contributed by atoms with Crippen LogP contribution in [0.2, 0.25) is 0 Å². The molecule has 1 aromatic heterocycles. The minimum atomic E-state index is -0.231. The van der Waals surface area contributed by atoms with Crippen LogP contribution in [0.15, 0.2) is 51.9 Å². The minimum absolute atomic E-state index is 0.00594. The number of aromatic nitrogens is 1. The summed E-state index contributed by atoms with van der Waals surface area (Å²) in [6, 6.07) is 10.9. The van der Waals surface area contributed by atoms with E-state index in [1.54, 1.807) is 31.3 Å². The molecule has 0 atom stereocenters. The van der Waals surface area contributed by atoms with E-state index in [2.05, 4.69) is 21.2 Å². The molecule has 0 aliphatic rings. The fraction of sp³-hybridized carbons (Fsp3) is 0.143. The third-order valence-corrected chi connectivity index (χ3v) is 3.04. The van der Waals surface area contributed by atoms with Crippen molar-refractivity contribution in [3.05, 3.63) is 63.0 Å². The first-order valence-electron chi connectivity index (χ1n) is 5.78. The summed E-state index contributed by atoms with van der Waals surface area (Å²) in [5.74, 6) is -0.231. The monoisotopic (exact) mass is 320 g/mol. The van der Waals surface area contributed by atoms with E-state index >= 15 is 0 Å². The maximum atomic E-state index is 11.9. The van der Waals surface area contributed by atoms with E-state index in [9.17, 15) is 9.59 Å².